The van der Waals surface area contributed by atoms with Crippen LogP contribution in [0.2, 0.25) is 0 Å². The van der Waals surface area contributed by atoms with E-state index >= 15 is 0 Å². The number of anilines is 1. The monoisotopic (exact) mass is 579 g/mol. The van der Waals surface area contributed by atoms with Crippen molar-refractivity contribution in [1.29, 1.82) is 0 Å². The standard InChI is InChI=1S/C31H37N3O6S/c1-22-11-13-24(14-12-22)20-33(23(2)30(36)32-31(3,4)5)29(35)21-34(41(37,38)26-9-7-6-8-10-26)25-15-16-27-28(19-25)40-18-17-39-27/h6-16,19,23H,17-18,20-21H2,1-5H3,(H,32,36). The van der Waals surface area contributed by atoms with Crippen LogP contribution >= 0.6 is 0 Å². The average Bonchev–Trinajstić information content (AvgIpc) is 2.94. The van der Waals surface area contributed by atoms with Crippen LogP contribution in [-0.4, -0.2) is 56.5 Å². The largest absolute Gasteiger partial charge is 0.486 e. The molecule has 0 fully saturated rings. The summed E-state index contributed by atoms with van der Waals surface area (Å²) >= 11 is 0. The zero-order valence-electron chi connectivity index (χ0n) is 24.1. The Bertz CT molecular complexity index is 1480. The van der Waals surface area contributed by atoms with Crippen LogP contribution in [0, 0.1) is 6.92 Å². The summed E-state index contributed by atoms with van der Waals surface area (Å²) in [6.07, 6.45) is 0. The van der Waals surface area contributed by atoms with Crippen LogP contribution in [0.15, 0.2) is 77.7 Å². The van der Waals surface area contributed by atoms with Gasteiger partial charge in [0.15, 0.2) is 11.5 Å². The molecule has 4 rings (SSSR count). The number of benzene rings is 3. The van der Waals surface area contributed by atoms with Crippen LogP contribution < -0.4 is 19.1 Å². The summed E-state index contributed by atoms with van der Waals surface area (Å²) < 4.78 is 40.3. The van der Waals surface area contributed by atoms with Crippen molar-refractivity contribution in [2.45, 2.75) is 57.6 Å². The maximum atomic E-state index is 14.1. The smallest absolute Gasteiger partial charge is 0.264 e. The Morgan fingerprint density at radius 2 is 1.56 bits per heavy atom. The third-order valence-corrected chi connectivity index (χ3v) is 8.35. The molecule has 41 heavy (non-hydrogen) atoms. The summed E-state index contributed by atoms with van der Waals surface area (Å²) in [5.41, 5.74) is 1.60. The normalized spacial score (nSPS) is 13.7. The molecule has 9 nitrogen and oxygen atoms in total. The van der Waals surface area contributed by atoms with Crippen LogP contribution in [0.4, 0.5) is 5.69 Å². The van der Waals surface area contributed by atoms with Crippen molar-refractivity contribution in [3.05, 3.63) is 83.9 Å². The fourth-order valence-electron chi connectivity index (χ4n) is 4.38. The topological polar surface area (TPSA) is 105 Å². The first-order valence-electron chi connectivity index (χ1n) is 13.5. The molecular weight excluding hydrogens is 542 g/mol. The van der Waals surface area contributed by atoms with Crippen LogP contribution in [0.25, 0.3) is 0 Å². The van der Waals surface area contributed by atoms with Gasteiger partial charge in [-0.3, -0.25) is 13.9 Å². The van der Waals surface area contributed by atoms with Gasteiger partial charge in [0.25, 0.3) is 10.0 Å². The minimum atomic E-state index is -4.17. The molecule has 1 N–H and O–H groups in total. The molecule has 3 aromatic carbocycles. The summed E-state index contributed by atoms with van der Waals surface area (Å²) in [5.74, 6) is 0.0204. The quantitative estimate of drug-likeness (QED) is 0.406. The Kier molecular flexibility index (Phi) is 8.92. The van der Waals surface area contributed by atoms with Crippen molar-refractivity contribution in [2.24, 2.45) is 0 Å². The highest BCUT2D eigenvalue weighted by Crippen LogP contribution is 2.36. The maximum Gasteiger partial charge on any atom is 0.264 e. The molecule has 0 aromatic heterocycles. The Hall–Kier alpha value is -4.05. The van der Waals surface area contributed by atoms with Gasteiger partial charge in [-0.05, 0) is 64.4 Å². The summed E-state index contributed by atoms with van der Waals surface area (Å²) in [6, 6.07) is 19.5. The highest BCUT2D eigenvalue weighted by molar-refractivity contribution is 7.92. The molecule has 1 unspecified atom stereocenters. The number of fused-ring (bicyclic) bond motifs is 1. The molecule has 0 saturated carbocycles. The molecule has 1 heterocycles. The lowest BCUT2D eigenvalue weighted by Crippen LogP contribution is -2.54. The van der Waals surface area contributed by atoms with Crippen LogP contribution in [-0.2, 0) is 26.2 Å². The SMILES string of the molecule is Cc1ccc(CN(C(=O)CN(c2ccc3c(c2)OCCO3)S(=O)(=O)c2ccccc2)C(C)C(=O)NC(C)(C)C)cc1. The fraction of sp³-hybridized carbons (Fsp3) is 0.355. The number of rotatable bonds is 9. The van der Waals surface area contributed by atoms with Crippen LogP contribution in [0.3, 0.4) is 0 Å². The van der Waals surface area contributed by atoms with Crippen molar-refractivity contribution in [3.8, 4) is 11.5 Å². The van der Waals surface area contributed by atoms with E-state index in [9.17, 15) is 18.0 Å². The molecular formula is C31H37N3O6S. The van der Waals surface area contributed by atoms with E-state index in [-0.39, 0.29) is 23.0 Å². The predicted octanol–water partition coefficient (Wildman–Crippen LogP) is 4.29. The van der Waals surface area contributed by atoms with Crippen LogP contribution in [0.1, 0.15) is 38.8 Å². The lowest BCUT2D eigenvalue weighted by molar-refractivity contribution is -0.140. The number of carbonyl (C=O) groups is 2. The molecule has 1 aliphatic rings. The number of nitrogens with zero attached hydrogens (tertiary/aromatic N) is 2. The van der Waals surface area contributed by atoms with Gasteiger partial charge in [0.2, 0.25) is 11.8 Å². The second-order valence-corrected chi connectivity index (χ2v) is 12.9. The minimum absolute atomic E-state index is 0.0336. The van der Waals surface area contributed by atoms with E-state index in [0.29, 0.717) is 24.7 Å². The van der Waals surface area contributed by atoms with Crippen molar-refractivity contribution in [1.82, 2.24) is 10.2 Å². The van der Waals surface area contributed by atoms with E-state index in [0.717, 1.165) is 15.4 Å². The first-order chi connectivity index (χ1) is 19.3. The molecule has 3 aromatic rings. The number of aryl methyl sites for hydroxylation is 1. The fourth-order valence-corrected chi connectivity index (χ4v) is 5.81. The summed E-state index contributed by atoms with van der Waals surface area (Å²) in [6.45, 7) is 9.50. The van der Waals surface area contributed by atoms with Crippen molar-refractivity contribution in [3.63, 3.8) is 0 Å². The third kappa shape index (κ3) is 7.38. The van der Waals surface area contributed by atoms with Gasteiger partial charge in [-0.1, -0.05) is 48.0 Å². The second-order valence-electron chi connectivity index (χ2n) is 11.1. The molecule has 1 aliphatic heterocycles. The Morgan fingerprint density at radius 1 is 0.927 bits per heavy atom. The molecule has 0 bridgehead atoms. The highest BCUT2D eigenvalue weighted by Gasteiger charge is 2.34. The first kappa shape index (κ1) is 29.9. The van der Waals surface area contributed by atoms with Crippen molar-refractivity contribution >= 4 is 27.5 Å². The molecule has 0 radical (unpaired) electrons. The lowest BCUT2D eigenvalue weighted by atomic mass is 10.1. The lowest BCUT2D eigenvalue weighted by Gasteiger charge is -2.33. The molecule has 10 heteroatoms. The van der Waals surface area contributed by atoms with Gasteiger partial charge in [0.1, 0.15) is 25.8 Å². The molecule has 1 atom stereocenters. The van der Waals surface area contributed by atoms with Gasteiger partial charge in [-0.15, -0.1) is 0 Å². The number of sulfonamides is 1. The number of carbonyl (C=O) groups excluding carboxylic acids is 2. The highest BCUT2D eigenvalue weighted by atomic mass is 32.2. The molecule has 0 saturated heterocycles. The van der Waals surface area contributed by atoms with Gasteiger partial charge < -0.3 is 19.7 Å². The Labute approximate surface area is 242 Å². The Morgan fingerprint density at radius 3 is 2.20 bits per heavy atom. The molecule has 0 spiro atoms. The molecule has 218 valence electrons. The number of nitrogens with one attached hydrogen (secondary N) is 1. The molecule has 2 amide bonds. The van der Waals surface area contributed by atoms with Gasteiger partial charge in [0, 0.05) is 18.2 Å². The number of ether oxygens (including phenoxy) is 2. The second kappa shape index (κ2) is 12.2. The molecule has 0 aliphatic carbocycles. The first-order valence-corrected chi connectivity index (χ1v) is 14.9. The zero-order valence-corrected chi connectivity index (χ0v) is 24.9. The number of hydrogen-bond donors (Lipinski definition) is 1. The van der Waals surface area contributed by atoms with Crippen molar-refractivity contribution in [2.75, 3.05) is 24.1 Å². The van der Waals surface area contributed by atoms with E-state index < -0.39 is 34.1 Å². The minimum Gasteiger partial charge on any atom is -0.486 e. The van der Waals surface area contributed by atoms with Gasteiger partial charge in [-0.25, -0.2) is 8.42 Å². The maximum absolute atomic E-state index is 14.1. The Balaban J connectivity index is 1.73. The number of amides is 2. The predicted molar refractivity (Wildman–Crippen MR) is 157 cm³/mol. The van der Waals surface area contributed by atoms with Gasteiger partial charge >= 0.3 is 0 Å². The zero-order chi connectivity index (χ0) is 29.8. The summed E-state index contributed by atoms with van der Waals surface area (Å²) in [4.78, 5) is 28.7. The van der Waals surface area contributed by atoms with Crippen molar-refractivity contribution < 1.29 is 27.5 Å². The van der Waals surface area contributed by atoms with E-state index in [1.807, 2.05) is 52.0 Å². The van der Waals surface area contributed by atoms with Gasteiger partial charge in [0.05, 0.1) is 10.6 Å². The van der Waals surface area contributed by atoms with E-state index in [1.54, 1.807) is 43.3 Å². The summed E-state index contributed by atoms with van der Waals surface area (Å²) in [5, 5.41) is 2.93. The van der Waals surface area contributed by atoms with Crippen LogP contribution in [0.5, 0.6) is 11.5 Å². The third-order valence-electron chi connectivity index (χ3n) is 6.56. The average molecular weight is 580 g/mol. The van der Waals surface area contributed by atoms with E-state index in [1.165, 1.54) is 17.0 Å². The van der Waals surface area contributed by atoms with E-state index in [4.69, 9.17) is 9.47 Å². The van der Waals surface area contributed by atoms with E-state index in [2.05, 4.69) is 5.32 Å². The number of hydrogen-bond acceptors (Lipinski definition) is 6. The summed E-state index contributed by atoms with van der Waals surface area (Å²) in [7, 11) is -4.17. The van der Waals surface area contributed by atoms with Gasteiger partial charge in [-0.2, -0.15) is 0 Å².